The topological polar surface area (TPSA) is 50.8 Å². The van der Waals surface area contributed by atoms with E-state index in [1.54, 1.807) is 0 Å². The Balaban J connectivity index is 0.00000450. The number of amides is 1. The van der Waals surface area contributed by atoms with Gasteiger partial charge in [0.2, 0.25) is 0 Å². The second-order valence-electron chi connectivity index (χ2n) is 8.01. The highest BCUT2D eigenvalue weighted by atomic mass is 35.5. The molecule has 30 heavy (non-hydrogen) atoms. The van der Waals surface area contributed by atoms with Gasteiger partial charge in [-0.05, 0) is 56.6 Å². The summed E-state index contributed by atoms with van der Waals surface area (Å²) in [5.41, 5.74) is 0.731. The van der Waals surface area contributed by atoms with Gasteiger partial charge in [0.25, 0.3) is 0 Å². The molecule has 0 spiro atoms. The third-order valence-electron chi connectivity index (χ3n) is 5.46. The van der Waals surface area contributed by atoms with Gasteiger partial charge < -0.3 is 9.47 Å². The van der Waals surface area contributed by atoms with E-state index in [9.17, 15) is 4.79 Å². The maximum absolute atomic E-state index is 11.9. The number of hydrogen-bond donors (Lipinski definition) is 1. The number of likely N-dealkylation sites (tertiary alicyclic amines) is 1. The second kappa shape index (κ2) is 17.2. The van der Waals surface area contributed by atoms with E-state index in [2.05, 4.69) is 17.1 Å². The molecule has 0 aliphatic carbocycles. The van der Waals surface area contributed by atoms with E-state index in [1.807, 2.05) is 24.3 Å². The molecular weight excluding hydrogens is 400 g/mol. The lowest BCUT2D eigenvalue weighted by atomic mass is 10.1. The number of anilines is 1. The molecule has 5 nitrogen and oxygen atoms in total. The Morgan fingerprint density at radius 2 is 1.53 bits per heavy atom. The van der Waals surface area contributed by atoms with Crippen molar-refractivity contribution < 1.29 is 14.3 Å². The molecule has 1 aromatic rings. The van der Waals surface area contributed by atoms with Gasteiger partial charge in [0.1, 0.15) is 12.4 Å². The summed E-state index contributed by atoms with van der Waals surface area (Å²) in [4.78, 5) is 14.3. The molecule has 1 N–H and O–H groups in total. The third-order valence-corrected chi connectivity index (χ3v) is 5.46. The Morgan fingerprint density at radius 3 is 2.20 bits per heavy atom. The van der Waals surface area contributed by atoms with Crippen LogP contribution in [0, 0.1) is 0 Å². The highest BCUT2D eigenvalue weighted by molar-refractivity contribution is 5.85. The van der Waals surface area contributed by atoms with Crippen LogP contribution < -0.4 is 10.1 Å². The van der Waals surface area contributed by atoms with Gasteiger partial charge in [-0.3, -0.25) is 10.2 Å². The number of nitrogens with zero attached hydrogens (tertiary/aromatic N) is 1. The highest BCUT2D eigenvalue weighted by Crippen LogP contribution is 2.16. The lowest BCUT2D eigenvalue weighted by Gasteiger charge is -2.26. The molecule has 1 fully saturated rings. The molecule has 0 saturated carbocycles. The van der Waals surface area contributed by atoms with Crippen LogP contribution in [-0.2, 0) is 4.74 Å². The lowest BCUT2D eigenvalue weighted by Crippen LogP contribution is -2.33. The number of carbonyl (C=O) groups is 1. The number of hydrogen-bond acceptors (Lipinski definition) is 4. The average molecular weight is 441 g/mol. The number of halogens is 1. The Hall–Kier alpha value is -1.46. The summed E-state index contributed by atoms with van der Waals surface area (Å²) in [6, 6.07) is 7.50. The van der Waals surface area contributed by atoms with Crippen molar-refractivity contribution in [3.05, 3.63) is 24.3 Å². The predicted molar refractivity (Wildman–Crippen MR) is 127 cm³/mol. The first-order valence-corrected chi connectivity index (χ1v) is 11.7. The molecule has 1 saturated heterocycles. The van der Waals surface area contributed by atoms with Gasteiger partial charge in [0, 0.05) is 12.2 Å². The molecule has 0 radical (unpaired) electrons. The zero-order valence-corrected chi connectivity index (χ0v) is 19.5. The fourth-order valence-electron chi connectivity index (χ4n) is 3.66. The van der Waals surface area contributed by atoms with Crippen molar-refractivity contribution in [1.82, 2.24) is 4.90 Å². The smallest absolute Gasteiger partial charge is 0.411 e. The van der Waals surface area contributed by atoms with Crippen molar-refractivity contribution in [3.63, 3.8) is 0 Å². The van der Waals surface area contributed by atoms with Gasteiger partial charge in [-0.15, -0.1) is 12.4 Å². The second-order valence-corrected chi connectivity index (χ2v) is 8.01. The first kappa shape index (κ1) is 26.6. The van der Waals surface area contributed by atoms with E-state index < -0.39 is 0 Å². The molecule has 2 rings (SSSR count). The SMILES string of the molecule is CCCCCCCCCCOC(=O)Nc1ccc(OCCN2CCCCC2)cc1.Cl. The highest BCUT2D eigenvalue weighted by Gasteiger charge is 2.09. The quantitative estimate of drug-likeness (QED) is 0.328. The van der Waals surface area contributed by atoms with E-state index in [1.165, 1.54) is 70.9 Å². The summed E-state index contributed by atoms with van der Waals surface area (Å²) in [7, 11) is 0. The summed E-state index contributed by atoms with van der Waals surface area (Å²) in [6.07, 6.45) is 13.5. The molecule has 1 aliphatic heterocycles. The van der Waals surface area contributed by atoms with Crippen molar-refractivity contribution in [3.8, 4) is 5.75 Å². The molecule has 0 bridgehead atoms. The molecule has 0 aromatic heterocycles. The Bertz CT molecular complexity index is 548. The normalized spacial score (nSPS) is 14.0. The minimum absolute atomic E-state index is 0. The monoisotopic (exact) mass is 440 g/mol. The van der Waals surface area contributed by atoms with E-state index in [0.29, 0.717) is 13.2 Å². The Kier molecular flexibility index (Phi) is 15.3. The zero-order valence-electron chi connectivity index (χ0n) is 18.7. The van der Waals surface area contributed by atoms with Crippen molar-refractivity contribution in [2.45, 2.75) is 77.6 Å². The van der Waals surface area contributed by atoms with Crippen LogP contribution in [0.1, 0.15) is 77.6 Å². The first-order chi connectivity index (χ1) is 14.3. The Labute approximate surface area is 189 Å². The average Bonchev–Trinajstić information content (AvgIpc) is 2.74. The molecule has 1 aromatic carbocycles. The van der Waals surface area contributed by atoms with Crippen LogP contribution in [0.5, 0.6) is 5.75 Å². The number of nitrogens with one attached hydrogen (secondary N) is 1. The van der Waals surface area contributed by atoms with Gasteiger partial charge in [0.05, 0.1) is 6.61 Å². The fraction of sp³-hybridized carbons (Fsp3) is 0.708. The largest absolute Gasteiger partial charge is 0.492 e. The number of rotatable bonds is 14. The molecule has 172 valence electrons. The van der Waals surface area contributed by atoms with Gasteiger partial charge in [-0.25, -0.2) is 4.79 Å². The predicted octanol–water partition coefficient (Wildman–Crippen LogP) is 6.66. The minimum Gasteiger partial charge on any atom is -0.492 e. The summed E-state index contributed by atoms with van der Waals surface area (Å²) < 4.78 is 11.1. The van der Waals surface area contributed by atoms with Crippen molar-refractivity contribution in [1.29, 1.82) is 0 Å². The van der Waals surface area contributed by atoms with Gasteiger partial charge >= 0.3 is 6.09 Å². The Morgan fingerprint density at radius 1 is 0.900 bits per heavy atom. The van der Waals surface area contributed by atoms with Crippen LogP contribution in [0.3, 0.4) is 0 Å². The number of unbranched alkanes of at least 4 members (excludes halogenated alkanes) is 7. The van der Waals surface area contributed by atoms with Gasteiger partial charge in [0.15, 0.2) is 0 Å². The summed E-state index contributed by atoms with van der Waals surface area (Å²) in [6.45, 7) is 6.78. The van der Waals surface area contributed by atoms with Crippen LogP contribution in [0.2, 0.25) is 0 Å². The van der Waals surface area contributed by atoms with E-state index in [4.69, 9.17) is 9.47 Å². The molecule has 1 aliphatic rings. The molecule has 1 heterocycles. The van der Waals surface area contributed by atoms with Crippen LogP contribution in [-0.4, -0.2) is 43.8 Å². The zero-order chi connectivity index (χ0) is 20.6. The van der Waals surface area contributed by atoms with Crippen molar-refractivity contribution in [2.75, 3.05) is 38.2 Å². The van der Waals surface area contributed by atoms with Crippen LogP contribution in [0.25, 0.3) is 0 Å². The number of benzene rings is 1. The molecule has 6 heteroatoms. The van der Waals surface area contributed by atoms with Crippen molar-refractivity contribution in [2.24, 2.45) is 0 Å². The number of ether oxygens (including phenoxy) is 2. The molecular formula is C24H41ClN2O3. The van der Waals surface area contributed by atoms with Crippen LogP contribution in [0.4, 0.5) is 10.5 Å². The molecule has 0 unspecified atom stereocenters. The van der Waals surface area contributed by atoms with E-state index in [-0.39, 0.29) is 18.5 Å². The van der Waals surface area contributed by atoms with E-state index in [0.717, 1.165) is 30.8 Å². The van der Waals surface area contributed by atoms with Crippen LogP contribution in [0.15, 0.2) is 24.3 Å². The minimum atomic E-state index is -0.383. The van der Waals surface area contributed by atoms with Gasteiger partial charge in [-0.1, -0.05) is 58.3 Å². The molecule has 1 amide bonds. The van der Waals surface area contributed by atoms with E-state index >= 15 is 0 Å². The fourth-order valence-corrected chi connectivity index (χ4v) is 3.66. The maximum atomic E-state index is 11.9. The van der Waals surface area contributed by atoms with Gasteiger partial charge in [-0.2, -0.15) is 0 Å². The molecule has 0 atom stereocenters. The maximum Gasteiger partial charge on any atom is 0.411 e. The first-order valence-electron chi connectivity index (χ1n) is 11.7. The van der Waals surface area contributed by atoms with Crippen LogP contribution >= 0.6 is 12.4 Å². The summed E-state index contributed by atoms with van der Waals surface area (Å²) in [5.74, 6) is 0.833. The standard InChI is InChI=1S/C24H40N2O3.ClH/c1-2-3-4-5-6-7-8-12-20-29-24(27)25-22-13-15-23(16-14-22)28-21-19-26-17-10-9-11-18-26;/h13-16H,2-12,17-21H2,1H3,(H,25,27);1H. The van der Waals surface area contributed by atoms with Crippen molar-refractivity contribution >= 4 is 24.2 Å². The lowest BCUT2D eigenvalue weighted by molar-refractivity contribution is 0.159. The number of carbonyl (C=O) groups excluding carboxylic acids is 1. The summed E-state index contributed by atoms with van der Waals surface area (Å²) in [5, 5.41) is 2.78. The summed E-state index contributed by atoms with van der Waals surface area (Å²) >= 11 is 0. The third kappa shape index (κ3) is 12.3. The number of piperidine rings is 1.